The van der Waals surface area contributed by atoms with Crippen LogP contribution in [0.2, 0.25) is 0 Å². The Morgan fingerprint density at radius 1 is 1.30 bits per heavy atom. The van der Waals surface area contributed by atoms with Crippen molar-refractivity contribution in [3.8, 4) is 0 Å². The molecule has 2 heterocycles. The smallest absolute Gasteiger partial charge is 0.289 e. The van der Waals surface area contributed by atoms with Gasteiger partial charge in [0, 0.05) is 45.7 Å². The van der Waals surface area contributed by atoms with Crippen LogP contribution in [0.3, 0.4) is 0 Å². The summed E-state index contributed by atoms with van der Waals surface area (Å²) in [6, 6.07) is 7.88. The number of piperazine rings is 1. The molecular weight excluding hydrogens is 254 g/mol. The zero-order valence-corrected chi connectivity index (χ0v) is 11.8. The van der Waals surface area contributed by atoms with E-state index in [0.717, 1.165) is 42.8 Å². The van der Waals surface area contributed by atoms with Gasteiger partial charge in [-0.25, -0.2) is 0 Å². The molecule has 1 saturated heterocycles. The summed E-state index contributed by atoms with van der Waals surface area (Å²) in [5.41, 5.74) is 1.88. The Hall–Kier alpha value is -2.01. The van der Waals surface area contributed by atoms with Crippen LogP contribution in [-0.2, 0) is 0 Å². The molecule has 106 valence electrons. The Balaban J connectivity index is 2.02. The number of carbonyl (C=O) groups is 1. The molecule has 1 aliphatic heterocycles. The molecular formula is C15H19N3O2. The van der Waals surface area contributed by atoms with Gasteiger partial charge in [0.05, 0.1) is 5.69 Å². The number of amides is 1. The summed E-state index contributed by atoms with van der Waals surface area (Å²) < 4.78 is 5.82. The number of hydrogen-bond donors (Lipinski definition) is 1. The van der Waals surface area contributed by atoms with E-state index in [1.807, 2.05) is 18.2 Å². The highest BCUT2D eigenvalue weighted by atomic mass is 16.3. The van der Waals surface area contributed by atoms with Crippen LogP contribution in [-0.4, -0.2) is 51.1 Å². The normalized spacial score (nSPS) is 15.6. The van der Waals surface area contributed by atoms with Crippen molar-refractivity contribution in [2.75, 3.05) is 45.2 Å². The summed E-state index contributed by atoms with van der Waals surface area (Å²) >= 11 is 0. The van der Waals surface area contributed by atoms with Gasteiger partial charge in [-0.15, -0.1) is 0 Å². The van der Waals surface area contributed by atoms with Crippen LogP contribution in [0.4, 0.5) is 5.69 Å². The van der Waals surface area contributed by atoms with E-state index >= 15 is 0 Å². The molecule has 0 spiro atoms. The Kier molecular flexibility index (Phi) is 3.36. The van der Waals surface area contributed by atoms with Gasteiger partial charge in [0.2, 0.25) is 0 Å². The third kappa shape index (κ3) is 2.25. The first-order chi connectivity index (χ1) is 9.66. The largest absolute Gasteiger partial charge is 0.449 e. The van der Waals surface area contributed by atoms with Crippen LogP contribution >= 0.6 is 0 Å². The SMILES string of the molecule is CN(C)C(=O)c1cc2cccc(N3CCNCC3)c2o1. The zero-order chi connectivity index (χ0) is 14.1. The molecule has 0 atom stereocenters. The number of rotatable bonds is 2. The van der Waals surface area contributed by atoms with E-state index < -0.39 is 0 Å². The lowest BCUT2D eigenvalue weighted by Crippen LogP contribution is -2.43. The summed E-state index contributed by atoms with van der Waals surface area (Å²) in [4.78, 5) is 15.8. The van der Waals surface area contributed by atoms with Crippen molar-refractivity contribution in [1.29, 1.82) is 0 Å². The summed E-state index contributed by atoms with van der Waals surface area (Å²) in [5.74, 6) is 0.292. The van der Waals surface area contributed by atoms with Gasteiger partial charge in [0.25, 0.3) is 5.91 Å². The highest BCUT2D eigenvalue weighted by molar-refractivity contribution is 5.99. The van der Waals surface area contributed by atoms with Crippen molar-refractivity contribution in [1.82, 2.24) is 10.2 Å². The molecule has 1 amide bonds. The van der Waals surface area contributed by atoms with Crippen LogP contribution in [0.1, 0.15) is 10.6 Å². The number of nitrogens with zero attached hydrogens (tertiary/aromatic N) is 2. The minimum Gasteiger partial charge on any atom is -0.449 e. The van der Waals surface area contributed by atoms with Crippen molar-refractivity contribution in [2.45, 2.75) is 0 Å². The van der Waals surface area contributed by atoms with Crippen molar-refractivity contribution < 1.29 is 9.21 Å². The molecule has 1 aromatic heterocycles. The van der Waals surface area contributed by atoms with E-state index in [2.05, 4.69) is 16.3 Å². The fourth-order valence-corrected chi connectivity index (χ4v) is 2.53. The molecule has 1 N–H and O–H groups in total. The Labute approximate surface area is 118 Å². The third-order valence-electron chi connectivity index (χ3n) is 3.60. The minimum atomic E-state index is -0.104. The Bertz CT molecular complexity index is 627. The molecule has 5 heteroatoms. The summed E-state index contributed by atoms with van der Waals surface area (Å²) in [6.07, 6.45) is 0. The molecule has 5 nitrogen and oxygen atoms in total. The average Bonchev–Trinajstić information content (AvgIpc) is 2.91. The molecule has 1 aliphatic rings. The lowest BCUT2D eigenvalue weighted by molar-refractivity contribution is 0.0799. The van der Waals surface area contributed by atoms with Gasteiger partial charge in [-0.2, -0.15) is 0 Å². The number of furan rings is 1. The molecule has 3 rings (SSSR count). The van der Waals surface area contributed by atoms with Crippen LogP contribution in [0.15, 0.2) is 28.7 Å². The number of carbonyl (C=O) groups excluding carboxylic acids is 1. The highest BCUT2D eigenvalue weighted by Gasteiger charge is 2.19. The standard InChI is InChI=1S/C15H19N3O2/c1-17(2)15(19)13-10-11-4-3-5-12(14(11)20-13)18-8-6-16-7-9-18/h3-5,10,16H,6-9H2,1-2H3. The monoisotopic (exact) mass is 273 g/mol. The van der Waals surface area contributed by atoms with E-state index in [1.165, 1.54) is 4.90 Å². The second-order valence-corrected chi connectivity index (χ2v) is 5.24. The molecule has 0 bridgehead atoms. The predicted octanol–water partition coefficient (Wildman–Crippen LogP) is 1.54. The number of para-hydroxylation sites is 1. The van der Waals surface area contributed by atoms with Gasteiger partial charge >= 0.3 is 0 Å². The van der Waals surface area contributed by atoms with Crippen molar-refractivity contribution in [3.05, 3.63) is 30.0 Å². The maximum Gasteiger partial charge on any atom is 0.289 e. The predicted molar refractivity (Wildman–Crippen MR) is 79.3 cm³/mol. The van der Waals surface area contributed by atoms with E-state index in [1.54, 1.807) is 14.1 Å². The first-order valence-electron chi connectivity index (χ1n) is 6.86. The number of fused-ring (bicyclic) bond motifs is 1. The summed E-state index contributed by atoms with van der Waals surface area (Å²) in [5, 5.41) is 4.32. The molecule has 0 aliphatic carbocycles. The number of hydrogen-bond acceptors (Lipinski definition) is 4. The molecule has 0 unspecified atom stereocenters. The number of benzene rings is 1. The van der Waals surface area contributed by atoms with Gasteiger partial charge in [0.15, 0.2) is 11.3 Å². The van der Waals surface area contributed by atoms with Crippen molar-refractivity contribution >= 4 is 22.6 Å². The second-order valence-electron chi connectivity index (χ2n) is 5.24. The fraction of sp³-hybridized carbons (Fsp3) is 0.400. The average molecular weight is 273 g/mol. The summed E-state index contributed by atoms with van der Waals surface area (Å²) in [6.45, 7) is 3.86. The van der Waals surface area contributed by atoms with E-state index in [0.29, 0.717) is 5.76 Å². The fourth-order valence-electron chi connectivity index (χ4n) is 2.53. The Morgan fingerprint density at radius 2 is 2.05 bits per heavy atom. The van der Waals surface area contributed by atoms with Gasteiger partial charge in [-0.1, -0.05) is 12.1 Å². The van der Waals surface area contributed by atoms with Crippen LogP contribution in [0, 0.1) is 0 Å². The minimum absolute atomic E-state index is 0.104. The molecule has 20 heavy (non-hydrogen) atoms. The first-order valence-corrected chi connectivity index (χ1v) is 6.86. The highest BCUT2D eigenvalue weighted by Crippen LogP contribution is 2.30. The summed E-state index contributed by atoms with van der Waals surface area (Å²) in [7, 11) is 3.46. The lowest BCUT2D eigenvalue weighted by Gasteiger charge is -2.29. The number of anilines is 1. The van der Waals surface area contributed by atoms with Gasteiger partial charge in [-0.05, 0) is 12.1 Å². The Morgan fingerprint density at radius 3 is 2.75 bits per heavy atom. The molecule has 2 aromatic rings. The van der Waals surface area contributed by atoms with E-state index in [4.69, 9.17) is 4.42 Å². The van der Waals surface area contributed by atoms with Gasteiger partial charge in [0.1, 0.15) is 0 Å². The maximum absolute atomic E-state index is 12.0. The van der Waals surface area contributed by atoms with Crippen molar-refractivity contribution in [2.24, 2.45) is 0 Å². The molecule has 1 fully saturated rings. The maximum atomic E-state index is 12.0. The van der Waals surface area contributed by atoms with Gasteiger partial charge in [-0.3, -0.25) is 4.79 Å². The number of nitrogens with one attached hydrogen (secondary N) is 1. The van der Waals surface area contributed by atoms with Crippen LogP contribution in [0.25, 0.3) is 11.0 Å². The van der Waals surface area contributed by atoms with E-state index in [-0.39, 0.29) is 5.91 Å². The lowest BCUT2D eigenvalue weighted by atomic mass is 10.2. The topological polar surface area (TPSA) is 48.7 Å². The molecule has 1 aromatic carbocycles. The van der Waals surface area contributed by atoms with Crippen LogP contribution < -0.4 is 10.2 Å². The molecule has 0 saturated carbocycles. The van der Waals surface area contributed by atoms with E-state index in [9.17, 15) is 4.79 Å². The second kappa shape index (κ2) is 5.17. The van der Waals surface area contributed by atoms with Crippen molar-refractivity contribution in [3.63, 3.8) is 0 Å². The molecule has 0 radical (unpaired) electrons. The quantitative estimate of drug-likeness (QED) is 0.902. The zero-order valence-electron chi connectivity index (χ0n) is 11.8. The van der Waals surface area contributed by atoms with Crippen LogP contribution in [0.5, 0.6) is 0 Å². The first kappa shape index (κ1) is 13.0. The third-order valence-corrected chi connectivity index (χ3v) is 3.60. The van der Waals surface area contributed by atoms with Gasteiger partial charge < -0.3 is 19.5 Å².